The highest BCUT2D eigenvalue weighted by molar-refractivity contribution is 6.09. The van der Waals surface area contributed by atoms with Crippen molar-refractivity contribution in [3.8, 4) is 0 Å². The summed E-state index contributed by atoms with van der Waals surface area (Å²) in [5.74, 6) is 0.409. The number of benzene rings is 2. The third-order valence-electron chi connectivity index (χ3n) is 4.86. The highest BCUT2D eigenvalue weighted by Crippen LogP contribution is 2.49. The molecule has 2 aromatic carbocycles. The number of carbonyl (C=O) groups excluding carboxylic acids is 1. The first-order valence-corrected chi connectivity index (χ1v) is 7.50. The van der Waals surface area contributed by atoms with E-state index < -0.39 is 5.41 Å². The molecule has 3 heteroatoms. The smallest absolute Gasteiger partial charge is 0.239 e. The topological polar surface area (TPSA) is 41.1 Å². The fourth-order valence-corrected chi connectivity index (χ4v) is 3.93. The number of rotatable bonds is 2. The van der Waals surface area contributed by atoms with Crippen LogP contribution in [0, 0.1) is 5.92 Å². The third-order valence-corrected chi connectivity index (χ3v) is 4.86. The molecule has 0 spiro atoms. The van der Waals surface area contributed by atoms with Gasteiger partial charge in [0, 0.05) is 5.69 Å². The Bertz CT molecular complexity index is 677. The van der Waals surface area contributed by atoms with Crippen LogP contribution in [0.4, 0.5) is 5.69 Å². The van der Waals surface area contributed by atoms with Gasteiger partial charge in [-0.1, -0.05) is 48.5 Å². The summed E-state index contributed by atoms with van der Waals surface area (Å²) in [6, 6.07) is 18.3. The Hall–Kier alpha value is -2.13. The van der Waals surface area contributed by atoms with E-state index in [2.05, 4.69) is 28.8 Å². The van der Waals surface area contributed by atoms with E-state index in [9.17, 15) is 4.79 Å². The third kappa shape index (κ3) is 1.67. The molecular formula is C18H18N2O. The normalized spacial score (nSPS) is 27.4. The van der Waals surface area contributed by atoms with Crippen molar-refractivity contribution in [2.24, 2.45) is 5.92 Å². The predicted octanol–water partition coefficient (Wildman–Crippen LogP) is 2.53. The molecule has 2 heterocycles. The van der Waals surface area contributed by atoms with Crippen molar-refractivity contribution in [2.45, 2.75) is 11.8 Å². The standard InChI is InChI=1S/C18H18N2O/c21-17-18(14-10-11-19-12-14,13-6-2-1-3-7-13)15-8-4-5-9-16(15)20-17/h1-9,14,19H,10-12H2,(H,20,21)/t14?,18-/m1/s1. The van der Waals surface area contributed by atoms with Crippen LogP contribution in [0.1, 0.15) is 17.5 Å². The summed E-state index contributed by atoms with van der Waals surface area (Å²) in [5.41, 5.74) is 2.62. The first kappa shape index (κ1) is 12.6. The van der Waals surface area contributed by atoms with E-state index in [1.165, 1.54) is 0 Å². The van der Waals surface area contributed by atoms with Crippen molar-refractivity contribution in [1.29, 1.82) is 0 Å². The average molecular weight is 278 g/mol. The van der Waals surface area contributed by atoms with Crippen LogP contribution in [0.15, 0.2) is 54.6 Å². The number of amides is 1. The van der Waals surface area contributed by atoms with E-state index in [0.717, 1.165) is 36.3 Å². The van der Waals surface area contributed by atoms with Crippen molar-refractivity contribution in [2.75, 3.05) is 18.4 Å². The van der Waals surface area contributed by atoms with Gasteiger partial charge in [-0.05, 0) is 42.6 Å². The Morgan fingerprint density at radius 3 is 2.52 bits per heavy atom. The molecule has 2 aliphatic heterocycles. The molecule has 1 saturated heterocycles. The molecule has 2 aromatic rings. The zero-order valence-corrected chi connectivity index (χ0v) is 11.8. The minimum atomic E-state index is -0.554. The number of carbonyl (C=O) groups is 1. The zero-order valence-electron chi connectivity index (χ0n) is 11.8. The lowest BCUT2D eigenvalue weighted by molar-refractivity contribution is -0.121. The van der Waals surface area contributed by atoms with Gasteiger partial charge in [-0.15, -0.1) is 0 Å². The molecule has 0 aliphatic carbocycles. The predicted molar refractivity (Wildman–Crippen MR) is 83.3 cm³/mol. The lowest BCUT2D eigenvalue weighted by atomic mass is 9.66. The monoisotopic (exact) mass is 278 g/mol. The van der Waals surface area contributed by atoms with Gasteiger partial charge < -0.3 is 10.6 Å². The van der Waals surface area contributed by atoms with Crippen molar-refractivity contribution in [3.63, 3.8) is 0 Å². The summed E-state index contributed by atoms with van der Waals surface area (Å²) >= 11 is 0. The first-order valence-electron chi connectivity index (χ1n) is 7.50. The lowest BCUT2D eigenvalue weighted by Crippen LogP contribution is -2.44. The van der Waals surface area contributed by atoms with Gasteiger partial charge >= 0.3 is 0 Å². The molecule has 0 saturated carbocycles. The van der Waals surface area contributed by atoms with Crippen LogP contribution in [-0.4, -0.2) is 19.0 Å². The van der Waals surface area contributed by atoms with E-state index in [1.807, 2.05) is 36.4 Å². The Morgan fingerprint density at radius 1 is 1.00 bits per heavy atom. The van der Waals surface area contributed by atoms with Crippen LogP contribution in [-0.2, 0) is 10.2 Å². The summed E-state index contributed by atoms with van der Waals surface area (Å²) in [7, 11) is 0. The van der Waals surface area contributed by atoms with E-state index in [4.69, 9.17) is 0 Å². The molecule has 1 amide bonds. The summed E-state index contributed by atoms with van der Waals surface area (Å²) in [6.45, 7) is 1.87. The maximum absolute atomic E-state index is 13.0. The van der Waals surface area contributed by atoms with Gasteiger partial charge in [0.1, 0.15) is 5.41 Å². The van der Waals surface area contributed by atoms with Crippen LogP contribution in [0.25, 0.3) is 0 Å². The van der Waals surface area contributed by atoms with Crippen molar-refractivity contribution >= 4 is 11.6 Å². The molecule has 2 N–H and O–H groups in total. The van der Waals surface area contributed by atoms with Gasteiger partial charge in [0.25, 0.3) is 0 Å². The molecule has 4 rings (SSSR count). The second-order valence-corrected chi connectivity index (χ2v) is 5.86. The SMILES string of the molecule is O=C1Nc2ccccc2[C@@]1(c1ccccc1)C1CCNC1. The molecule has 3 nitrogen and oxygen atoms in total. The number of anilines is 1. The van der Waals surface area contributed by atoms with Crippen molar-refractivity contribution < 1.29 is 4.79 Å². The van der Waals surface area contributed by atoms with Gasteiger partial charge in [-0.25, -0.2) is 0 Å². The molecule has 0 radical (unpaired) electrons. The summed E-state index contributed by atoms with van der Waals surface area (Å²) in [5, 5.41) is 6.51. The number of hydrogen-bond acceptors (Lipinski definition) is 2. The Kier molecular flexibility index (Phi) is 2.82. The molecule has 1 unspecified atom stereocenters. The van der Waals surface area contributed by atoms with E-state index >= 15 is 0 Å². The highest BCUT2D eigenvalue weighted by Gasteiger charge is 2.53. The second kappa shape index (κ2) is 4.71. The largest absolute Gasteiger partial charge is 0.325 e. The summed E-state index contributed by atoms with van der Waals surface area (Å²) in [4.78, 5) is 13.0. The average Bonchev–Trinajstić information content (AvgIpc) is 3.14. The van der Waals surface area contributed by atoms with Crippen molar-refractivity contribution in [1.82, 2.24) is 5.32 Å². The fraction of sp³-hybridized carbons (Fsp3) is 0.278. The first-order chi connectivity index (χ1) is 10.3. The molecule has 0 bridgehead atoms. The molecule has 2 aliphatic rings. The molecule has 106 valence electrons. The molecule has 1 fully saturated rings. The molecule has 2 atom stereocenters. The van der Waals surface area contributed by atoms with Gasteiger partial charge in [0.2, 0.25) is 5.91 Å². The maximum atomic E-state index is 13.0. The molecular weight excluding hydrogens is 260 g/mol. The minimum absolute atomic E-state index is 0.114. The zero-order chi connectivity index (χ0) is 14.3. The van der Waals surface area contributed by atoms with Gasteiger partial charge in [0.05, 0.1) is 0 Å². The lowest BCUT2D eigenvalue weighted by Gasteiger charge is -2.34. The van der Waals surface area contributed by atoms with Crippen LogP contribution >= 0.6 is 0 Å². The quantitative estimate of drug-likeness (QED) is 0.886. The number of hydrogen-bond donors (Lipinski definition) is 2. The Labute approximate surface area is 124 Å². The van der Waals surface area contributed by atoms with Gasteiger partial charge in [-0.2, -0.15) is 0 Å². The number of para-hydroxylation sites is 1. The van der Waals surface area contributed by atoms with Crippen LogP contribution < -0.4 is 10.6 Å². The molecule has 21 heavy (non-hydrogen) atoms. The highest BCUT2D eigenvalue weighted by atomic mass is 16.2. The fourth-order valence-electron chi connectivity index (χ4n) is 3.93. The summed E-state index contributed by atoms with van der Waals surface area (Å²) in [6.07, 6.45) is 1.02. The number of fused-ring (bicyclic) bond motifs is 1. The minimum Gasteiger partial charge on any atom is -0.325 e. The second-order valence-electron chi connectivity index (χ2n) is 5.86. The van der Waals surface area contributed by atoms with Crippen LogP contribution in [0.2, 0.25) is 0 Å². The molecule has 0 aromatic heterocycles. The Balaban J connectivity index is 1.98. The van der Waals surface area contributed by atoms with Crippen LogP contribution in [0.5, 0.6) is 0 Å². The van der Waals surface area contributed by atoms with E-state index in [-0.39, 0.29) is 5.91 Å². The van der Waals surface area contributed by atoms with Gasteiger partial charge in [0.15, 0.2) is 0 Å². The van der Waals surface area contributed by atoms with E-state index in [1.54, 1.807) is 0 Å². The number of nitrogens with one attached hydrogen (secondary N) is 2. The summed E-state index contributed by atoms with van der Waals surface area (Å²) < 4.78 is 0. The Morgan fingerprint density at radius 2 is 1.76 bits per heavy atom. The van der Waals surface area contributed by atoms with Gasteiger partial charge in [-0.3, -0.25) is 4.79 Å². The van der Waals surface area contributed by atoms with Crippen LogP contribution in [0.3, 0.4) is 0 Å². The van der Waals surface area contributed by atoms with E-state index in [0.29, 0.717) is 5.92 Å². The maximum Gasteiger partial charge on any atom is 0.239 e. The van der Waals surface area contributed by atoms with Crippen molar-refractivity contribution in [3.05, 3.63) is 65.7 Å².